The second-order valence-corrected chi connectivity index (χ2v) is 6.86. The van der Waals surface area contributed by atoms with Crippen molar-refractivity contribution in [1.29, 1.82) is 0 Å². The maximum absolute atomic E-state index is 12.3. The number of nitro groups is 1. The molecule has 28 heavy (non-hydrogen) atoms. The summed E-state index contributed by atoms with van der Waals surface area (Å²) in [6.45, 7) is 1.52. The van der Waals surface area contributed by atoms with Gasteiger partial charge in [0.15, 0.2) is 6.10 Å². The molecule has 1 aromatic heterocycles. The number of non-ortho nitro benzene ring substituents is 1. The van der Waals surface area contributed by atoms with E-state index in [0.717, 1.165) is 25.7 Å². The van der Waals surface area contributed by atoms with Crippen LogP contribution in [0.3, 0.4) is 0 Å². The third-order valence-electron chi connectivity index (χ3n) is 4.77. The van der Waals surface area contributed by atoms with Gasteiger partial charge in [-0.25, -0.2) is 4.79 Å². The molecule has 0 saturated heterocycles. The highest BCUT2D eigenvalue weighted by molar-refractivity contribution is 5.90. The van der Waals surface area contributed by atoms with Crippen molar-refractivity contribution in [3.05, 3.63) is 52.3 Å². The van der Waals surface area contributed by atoms with Crippen LogP contribution in [0.4, 0.5) is 5.69 Å². The Labute approximate surface area is 162 Å². The second kappa shape index (κ2) is 8.69. The van der Waals surface area contributed by atoms with Crippen LogP contribution in [0.15, 0.2) is 40.8 Å². The maximum atomic E-state index is 12.3. The molecule has 8 nitrogen and oxygen atoms in total. The zero-order valence-corrected chi connectivity index (χ0v) is 15.6. The minimum absolute atomic E-state index is 0.0345. The molecule has 0 spiro atoms. The van der Waals surface area contributed by atoms with E-state index < -0.39 is 17.0 Å². The first-order valence-electron chi connectivity index (χ1n) is 9.30. The molecule has 2 aromatic rings. The van der Waals surface area contributed by atoms with Crippen molar-refractivity contribution in [2.24, 2.45) is 0 Å². The van der Waals surface area contributed by atoms with E-state index in [2.05, 4.69) is 5.32 Å². The lowest BCUT2D eigenvalue weighted by molar-refractivity contribution is -0.384. The number of carbonyl (C=O) groups is 2. The average molecular weight is 386 g/mol. The van der Waals surface area contributed by atoms with Crippen LogP contribution in [-0.2, 0) is 9.53 Å². The van der Waals surface area contributed by atoms with Crippen LogP contribution in [0.5, 0.6) is 0 Å². The van der Waals surface area contributed by atoms with E-state index in [1.54, 1.807) is 6.07 Å². The maximum Gasteiger partial charge on any atom is 0.375 e. The number of amides is 1. The van der Waals surface area contributed by atoms with Gasteiger partial charge >= 0.3 is 5.97 Å². The van der Waals surface area contributed by atoms with E-state index in [1.165, 1.54) is 43.7 Å². The van der Waals surface area contributed by atoms with Crippen molar-refractivity contribution in [3.63, 3.8) is 0 Å². The first-order valence-corrected chi connectivity index (χ1v) is 9.30. The molecule has 0 aliphatic heterocycles. The summed E-state index contributed by atoms with van der Waals surface area (Å²) in [6, 6.07) is 8.94. The summed E-state index contributed by atoms with van der Waals surface area (Å²) < 4.78 is 10.7. The molecule has 1 aliphatic rings. The van der Waals surface area contributed by atoms with Crippen LogP contribution >= 0.6 is 0 Å². The Morgan fingerprint density at radius 1 is 1.14 bits per heavy atom. The average Bonchev–Trinajstić information content (AvgIpc) is 3.19. The van der Waals surface area contributed by atoms with Crippen molar-refractivity contribution < 1.29 is 23.7 Å². The summed E-state index contributed by atoms with van der Waals surface area (Å²) in [5.41, 5.74) is 0.556. The molecule has 1 heterocycles. The van der Waals surface area contributed by atoms with Crippen LogP contribution < -0.4 is 5.32 Å². The number of rotatable bonds is 6. The summed E-state index contributed by atoms with van der Waals surface area (Å²) in [5.74, 6) is -0.714. The molecule has 1 unspecified atom stereocenters. The molecule has 1 aromatic carbocycles. The fraction of sp³-hybridized carbons (Fsp3) is 0.400. The zero-order valence-electron chi connectivity index (χ0n) is 15.6. The largest absolute Gasteiger partial charge is 0.449 e. The second-order valence-electron chi connectivity index (χ2n) is 6.86. The van der Waals surface area contributed by atoms with Gasteiger partial charge in [0.2, 0.25) is 5.76 Å². The van der Waals surface area contributed by atoms with Crippen molar-refractivity contribution >= 4 is 17.6 Å². The smallest absolute Gasteiger partial charge is 0.375 e. The van der Waals surface area contributed by atoms with Gasteiger partial charge in [0.25, 0.3) is 11.6 Å². The fourth-order valence-corrected chi connectivity index (χ4v) is 3.19. The minimum Gasteiger partial charge on any atom is -0.449 e. The fourth-order valence-electron chi connectivity index (χ4n) is 3.19. The van der Waals surface area contributed by atoms with E-state index in [-0.39, 0.29) is 23.4 Å². The van der Waals surface area contributed by atoms with Gasteiger partial charge in [-0.1, -0.05) is 19.3 Å². The van der Waals surface area contributed by atoms with Crippen LogP contribution in [0.2, 0.25) is 0 Å². The Bertz CT molecular complexity index is 852. The normalized spacial score (nSPS) is 15.6. The number of carbonyl (C=O) groups excluding carboxylic acids is 2. The van der Waals surface area contributed by atoms with Gasteiger partial charge in [0.05, 0.1) is 4.92 Å². The van der Waals surface area contributed by atoms with E-state index in [0.29, 0.717) is 11.3 Å². The van der Waals surface area contributed by atoms with Crippen molar-refractivity contribution in [1.82, 2.24) is 5.32 Å². The molecule has 1 N–H and O–H groups in total. The number of ether oxygens (including phenoxy) is 1. The number of furan rings is 1. The predicted molar refractivity (Wildman–Crippen MR) is 101 cm³/mol. The van der Waals surface area contributed by atoms with E-state index in [1.807, 2.05) is 0 Å². The number of benzene rings is 1. The van der Waals surface area contributed by atoms with Crippen LogP contribution in [-0.4, -0.2) is 28.9 Å². The van der Waals surface area contributed by atoms with Gasteiger partial charge in [0, 0.05) is 23.7 Å². The van der Waals surface area contributed by atoms with Gasteiger partial charge < -0.3 is 14.5 Å². The van der Waals surface area contributed by atoms with Crippen LogP contribution in [0.1, 0.15) is 49.6 Å². The Morgan fingerprint density at radius 3 is 2.46 bits per heavy atom. The monoisotopic (exact) mass is 386 g/mol. The lowest BCUT2D eigenvalue weighted by atomic mass is 9.95. The lowest BCUT2D eigenvalue weighted by Gasteiger charge is -2.24. The molecule has 1 atom stereocenters. The number of esters is 1. The first-order chi connectivity index (χ1) is 13.4. The lowest BCUT2D eigenvalue weighted by Crippen LogP contribution is -2.42. The SMILES string of the molecule is CC(OC(=O)c1ccc(-c2ccc([N+](=O)[O-])cc2)o1)C(=O)NC1CCCCC1. The third-order valence-corrected chi connectivity index (χ3v) is 4.77. The number of hydrogen-bond donors (Lipinski definition) is 1. The van der Waals surface area contributed by atoms with Crippen molar-refractivity contribution in [2.45, 2.75) is 51.2 Å². The Hall–Kier alpha value is -3.16. The standard InChI is InChI=1S/C20H22N2O6/c1-13(19(23)21-15-5-3-2-4-6-15)27-20(24)18-12-11-17(28-18)14-7-9-16(10-8-14)22(25)26/h7-13,15H,2-6H2,1H3,(H,21,23). The van der Waals surface area contributed by atoms with Crippen molar-refractivity contribution in [2.75, 3.05) is 0 Å². The number of nitro benzene ring substituents is 1. The van der Waals surface area contributed by atoms with E-state index in [9.17, 15) is 19.7 Å². The summed E-state index contributed by atoms with van der Waals surface area (Å²) in [7, 11) is 0. The van der Waals surface area contributed by atoms with Gasteiger partial charge in [-0.15, -0.1) is 0 Å². The quantitative estimate of drug-likeness (QED) is 0.458. The number of nitrogens with zero attached hydrogens (tertiary/aromatic N) is 1. The van der Waals surface area contributed by atoms with Gasteiger partial charge in [-0.3, -0.25) is 14.9 Å². The predicted octanol–water partition coefficient (Wildman–Crippen LogP) is 3.85. The Kier molecular flexibility index (Phi) is 6.08. The third kappa shape index (κ3) is 4.76. The molecule has 3 rings (SSSR count). The van der Waals surface area contributed by atoms with Crippen LogP contribution in [0, 0.1) is 10.1 Å². The summed E-state index contributed by atoms with van der Waals surface area (Å²) in [6.07, 6.45) is 4.34. The molecule has 8 heteroatoms. The molecule has 1 amide bonds. The molecular weight excluding hydrogens is 364 g/mol. The molecule has 1 fully saturated rings. The zero-order chi connectivity index (χ0) is 20.1. The molecule has 1 aliphatic carbocycles. The van der Waals surface area contributed by atoms with Gasteiger partial charge in [-0.2, -0.15) is 0 Å². The highest BCUT2D eigenvalue weighted by Crippen LogP contribution is 2.25. The molecular formula is C20H22N2O6. The van der Waals surface area contributed by atoms with Crippen molar-refractivity contribution in [3.8, 4) is 11.3 Å². The summed E-state index contributed by atoms with van der Waals surface area (Å²) in [4.78, 5) is 34.7. The van der Waals surface area contributed by atoms with E-state index in [4.69, 9.17) is 9.15 Å². The summed E-state index contributed by atoms with van der Waals surface area (Å²) in [5, 5.41) is 13.6. The molecule has 0 radical (unpaired) electrons. The Balaban J connectivity index is 1.58. The van der Waals surface area contributed by atoms with Gasteiger partial charge in [0.1, 0.15) is 5.76 Å². The molecule has 0 bridgehead atoms. The van der Waals surface area contributed by atoms with Crippen LogP contribution in [0.25, 0.3) is 11.3 Å². The highest BCUT2D eigenvalue weighted by Gasteiger charge is 2.24. The van der Waals surface area contributed by atoms with E-state index >= 15 is 0 Å². The number of hydrogen-bond acceptors (Lipinski definition) is 6. The minimum atomic E-state index is -0.928. The summed E-state index contributed by atoms with van der Waals surface area (Å²) >= 11 is 0. The topological polar surface area (TPSA) is 112 Å². The molecule has 1 saturated carbocycles. The molecule has 148 valence electrons. The Morgan fingerprint density at radius 2 is 1.82 bits per heavy atom. The highest BCUT2D eigenvalue weighted by atomic mass is 16.6. The van der Waals surface area contributed by atoms with Gasteiger partial charge in [-0.05, 0) is 44.0 Å². The first kappa shape index (κ1) is 19.6. The number of nitrogens with one attached hydrogen (secondary N) is 1.